The number of hydrogen-bond acceptors (Lipinski definition) is 8. The van der Waals surface area contributed by atoms with Crippen LogP contribution in [0, 0.1) is 11.8 Å². The lowest BCUT2D eigenvalue weighted by Gasteiger charge is -2.17. The first-order valence-corrected chi connectivity index (χ1v) is 11.5. The zero-order valence-corrected chi connectivity index (χ0v) is 21.9. The number of benzene rings is 2. The summed E-state index contributed by atoms with van der Waals surface area (Å²) < 4.78 is 32.9. The zero-order valence-electron chi connectivity index (χ0n) is 21.9. The predicted molar refractivity (Wildman–Crippen MR) is 138 cm³/mol. The third kappa shape index (κ3) is 7.23. The third-order valence-corrected chi connectivity index (χ3v) is 5.56. The molecule has 0 unspecified atom stereocenters. The molecule has 0 atom stereocenters. The molecule has 0 heterocycles. The number of hydrogen-bond donors (Lipinski definition) is 2. The van der Waals surface area contributed by atoms with Crippen molar-refractivity contribution in [1.29, 1.82) is 0 Å². The molecule has 196 valence electrons. The molecular weight excluding hydrogens is 464 g/mol. The van der Waals surface area contributed by atoms with Crippen LogP contribution in [0.4, 0.5) is 0 Å². The quantitative estimate of drug-likeness (QED) is 0.403. The summed E-state index contributed by atoms with van der Waals surface area (Å²) in [5, 5.41) is 19.1. The van der Waals surface area contributed by atoms with E-state index in [2.05, 4.69) is 11.8 Å². The Kier molecular flexibility index (Phi) is 11.8. The number of rotatable bonds is 13. The summed E-state index contributed by atoms with van der Waals surface area (Å²) in [5.41, 5.74) is 3.60. The molecule has 2 aromatic carbocycles. The summed E-state index contributed by atoms with van der Waals surface area (Å²) in [6, 6.07) is 7.53. The molecule has 0 bridgehead atoms. The predicted octanol–water partition coefficient (Wildman–Crippen LogP) is 3.59. The molecule has 0 aliphatic heterocycles. The van der Waals surface area contributed by atoms with Crippen molar-refractivity contribution >= 4 is 0 Å². The first-order valence-electron chi connectivity index (χ1n) is 11.5. The van der Waals surface area contributed by atoms with Crippen molar-refractivity contribution < 1.29 is 38.6 Å². The Morgan fingerprint density at radius 2 is 1.08 bits per heavy atom. The lowest BCUT2D eigenvalue weighted by atomic mass is 9.93. The van der Waals surface area contributed by atoms with Crippen LogP contribution in [-0.4, -0.2) is 66.1 Å². The SMILES string of the molecule is COc1cc(C/C(C#CCCO)=C(\CCO)Cc2cc(OC)c(OC)c(OC)c2)cc(OC)c1OC. The van der Waals surface area contributed by atoms with Crippen molar-refractivity contribution in [1.82, 2.24) is 0 Å². The number of methoxy groups -OCH3 is 6. The van der Waals surface area contributed by atoms with Crippen molar-refractivity contribution in [3.05, 3.63) is 46.5 Å². The van der Waals surface area contributed by atoms with E-state index in [1.54, 1.807) is 42.7 Å². The number of aliphatic hydroxyl groups excluding tert-OH is 2. The average Bonchev–Trinajstić information content (AvgIpc) is 2.90. The Labute approximate surface area is 213 Å². The Balaban J connectivity index is 2.62. The minimum atomic E-state index is -0.0415. The van der Waals surface area contributed by atoms with Crippen LogP contribution in [0.5, 0.6) is 34.5 Å². The molecule has 36 heavy (non-hydrogen) atoms. The van der Waals surface area contributed by atoms with E-state index < -0.39 is 0 Å². The summed E-state index contributed by atoms with van der Waals surface area (Å²) in [5.74, 6) is 9.45. The number of aliphatic hydroxyl groups is 2. The first kappa shape index (κ1) is 28.7. The fourth-order valence-corrected chi connectivity index (χ4v) is 3.89. The van der Waals surface area contributed by atoms with Gasteiger partial charge in [-0.3, -0.25) is 0 Å². The highest BCUT2D eigenvalue weighted by Gasteiger charge is 2.17. The van der Waals surface area contributed by atoms with E-state index in [0.717, 1.165) is 22.3 Å². The fourth-order valence-electron chi connectivity index (χ4n) is 3.89. The van der Waals surface area contributed by atoms with Crippen LogP contribution in [0.25, 0.3) is 0 Å². The van der Waals surface area contributed by atoms with Crippen LogP contribution >= 0.6 is 0 Å². The van der Waals surface area contributed by atoms with Crippen LogP contribution in [0.2, 0.25) is 0 Å². The van der Waals surface area contributed by atoms with Crippen molar-refractivity contribution in [2.75, 3.05) is 55.9 Å². The molecule has 2 aromatic rings. The Morgan fingerprint density at radius 1 is 0.639 bits per heavy atom. The van der Waals surface area contributed by atoms with Crippen molar-refractivity contribution in [2.45, 2.75) is 25.7 Å². The number of allylic oxidation sites excluding steroid dienone is 1. The van der Waals surface area contributed by atoms with E-state index in [4.69, 9.17) is 28.4 Å². The van der Waals surface area contributed by atoms with Crippen molar-refractivity contribution in [3.8, 4) is 46.3 Å². The minimum absolute atomic E-state index is 0.0350. The van der Waals surface area contributed by atoms with E-state index in [1.165, 1.54) is 0 Å². The lowest BCUT2D eigenvalue weighted by Crippen LogP contribution is -2.04. The fraction of sp³-hybridized carbons (Fsp3) is 0.429. The van der Waals surface area contributed by atoms with Gasteiger partial charge in [0.05, 0.1) is 49.3 Å². The van der Waals surface area contributed by atoms with Gasteiger partial charge in [0.25, 0.3) is 0 Å². The van der Waals surface area contributed by atoms with Crippen molar-refractivity contribution in [3.63, 3.8) is 0 Å². The largest absolute Gasteiger partial charge is 0.493 e. The molecule has 0 radical (unpaired) electrons. The topological polar surface area (TPSA) is 95.8 Å². The summed E-state index contributed by atoms with van der Waals surface area (Å²) >= 11 is 0. The van der Waals surface area contributed by atoms with Crippen LogP contribution < -0.4 is 28.4 Å². The molecule has 0 amide bonds. The maximum atomic E-state index is 9.87. The molecule has 0 saturated carbocycles. The van der Waals surface area contributed by atoms with Gasteiger partial charge in [0.2, 0.25) is 11.5 Å². The maximum Gasteiger partial charge on any atom is 0.203 e. The Hall–Kier alpha value is -3.54. The number of ether oxygens (including phenoxy) is 6. The van der Waals surface area contributed by atoms with E-state index in [-0.39, 0.29) is 13.2 Å². The van der Waals surface area contributed by atoms with Gasteiger partial charge in [-0.2, -0.15) is 0 Å². The standard InChI is InChI=1S/C28H36O8/c1-31-23-15-19(16-24(32-2)27(23)35-5)13-21(9-7-8-11-29)22(10-12-30)14-20-17-25(33-3)28(36-6)26(18-20)34-4/h15-18,29-30H,8,10-14H2,1-6H3/b22-21+. The van der Waals surface area contributed by atoms with E-state index in [9.17, 15) is 10.2 Å². The summed E-state index contributed by atoms with van der Waals surface area (Å²) in [6.45, 7) is -0.0765. The van der Waals surface area contributed by atoms with Crippen molar-refractivity contribution in [2.24, 2.45) is 0 Å². The van der Waals surface area contributed by atoms with Gasteiger partial charge in [0.15, 0.2) is 23.0 Å². The minimum Gasteiger partial charge on any atom is -0.493 e. The average molecular weight is 501 g/mol. The van der Waals surface area contributed by atoms with Gasteiger partial charge in [-0.05, 0) is 48.2 Å². The monoisotopic (exact) mass is 500 g/mol. The van der Waals surface area contributed by atoms with Crippen LogP contribution in [0.3, 0.4) is 0 Å². The summed E-state index contributed by atoms with van der Waals surface area (Å²) in [4.78, 5) is 0. The molecule has 0 saturated heterocycles. The highest BCUT2D eigenvalue weighted by atomic mass is 16.5. The lowest BCUT2D eigenvalue weighted by molar-refractivity contribution is 0.298. The Morgan fingerprint density at radius 3 is 1.44 bits per heavy atom. The molecule has 0 fully saturated rings. The van der Waals surface area contributed by atoms with Gasteiger partial charge < -0.3 is 38.6 Å². The van der Waals surface area contributed by atoms with Gasteiger partial charge in [0.1, 0.15) is 0 Å². The molecule has 2 rings (SSSR count). The molecule has 0 aromatic heterocycles. The second-order valence-electron chi connectivity index (χ2n) is 7.75. The van der Waals surface area contributed by atoms with E-state index in [0.29, 0.717) is 60.2 Å². The molecular formula is C28H36O8. The molecule has 0 aliphatic rings. The normalized spacial score (nSPS) is 11.1. The maximum absolute atomic E-state index is 9.87. The van der Waals surface area contributed by atoms with E-state index in [1.807, 2.05) is 24.3 Å². The van der Waals surface area contributed by atoms with Crippen LogP contribution in [0.1, 0.15) is 24.0 Å². The zero-order chi connectivity index (χ0) is 26.5. The second-order valence-corrected chi connectivity index (χ2v) is 7.75. The highest BCUT2D eigenvalue weighted by molar-refractivity contribution is 5.56. The van der Waals surface area contributed by atoms with Crippen LogP contribution in [-0.2, 0) is 12.8 Å². The van der Waals surface area contributed by atoms with Gasteiger partial charge in [-0.25, -0.2) is 0 Å². The molecule has 0 spiro atoms. The van der Waals surface area contributed by atoms with Gasteiger partial charge >= 0.3 is 0 Å². The highest BCUT2D eigenvalue weighted by Crippen LogP contribution is 2.40. The molecule has 8 nitrogen and oxygen atoms in total. The second kappa shape index (κ2) is 14.8. The third-order valence-electron chi connectivity index (χ3n) is 5.56. The Bertz CT molecular complexity index is 1040. The molecule has 8 heteroatoms. The summed E-state index contributed by atoms with van der Waals surface area (Å²) in [7, 11) is 9.40. The first-order chi connectivity index (χ1) is 17.5. The smallest absolute Gasteiger partial charge is 0.203 e. The molecule has 2 N–H and O–H groups in total. The van der Waals surface area contributed by atoms with Crippen LogP contribution in [0.15, 0.2) is 35.4 Å². The van der Waals surface area contributed by atoms with Gasteiger partial charge in [-0.1, -0.05) is 17.4 Å². The van der Waals surface area contributed by atoms with E-state index >= 15 is 0 Å². The summed E-state index contributed by atoms with van der Waals surface area (Å²) in [6.07, 6.45) is 1.74. The van der Waals surface area contributed by atoms with Gasteiger partial charge in [0, 0.05) is 25.0 Å². The van der Waals surface area contributed by atoms with Gasteiger partial charge in [-0.15, -0.1) is 0 Å². The molecule has 0 aliphatic carbocycles.